The number of rotatable bonds is 13. The van der Waals surface area contributed by atoms with Crippen LogP contribution in [0.25, 0.3) is 11.2 Å². The zero-order chi connectivity index (χ0) is 32.9. The van der Waals surface area contributed by atoms with E-state index in [1.54, 1.807) is 10.9 Å². The zero-order valence-corrected chi connectivity index (χ0v) is 27.1. The van der Waals surface area contributed by atoms with Crippen LogP contribution in [0.3, 0.4) is 0 Å². The molecule has 252 valence electrons. The topological polar surface area (TPSA) is 164 Å². The van der Waals surface area contributed by atoms with Crippen molar-refractivity contribution in [3.8, 4) is 0 Å². The lowest BCUT2D eigenvalue weighted by Gasteiger charge is -2.26. The maximum absolute atomic E-state index is 11.2. The maximum atomic E-state index is 11.2. The van der Waals surface area contributed by atoms with Crippen LogP contribution < -0.4 is 10.6 Å². The van der Waals surface area contributed by atoms with Gasteiger partial charge in [0.25, 0.3) is 0 Å². The highest BCUT2D eigenvalue weighted by Gasteiger charge is 2.47. The minimum Gasteiger partial charge on any atom is -0.387 e. The van der Waals surface area contributed by atoms with E-state index in [-0.39, 0.29) is 11.7 Å². The number of imidazole rings is 1. The lowest BCUT2D eigenvalue weighted by molar-refractivity contribution is -0.0384. The van der Waals surface area contributed by atoms with E-state index in [1.165, 1.54) is 35.2 Å². The van der Waals surface area contributed by atoms with Gasteiger partial charge in [0.2, 0.25) is 11.8 Å². The minimum absolute atomic E-state index is 0.0551. The van der Waals surface area contributed by atoms with Crippen molar-refractivity contribution in [1.82, 2.24) is 44.6 Å². The summed E-state index contributed by atoms with van der Waals surface area (Å²) < 4.78 is 7.85. The van der Waals surface area contributed by atoms with E-state index < -0.39 is 24.5 Å². The third kappa shape index (κ3) is 6.88. The second kappa shape index (κ2) is 14.7. The van der Waals surface area contributed by atoms with Crippen LogP contribution in [0.5, 0.6) is 0 Å². The summed E-state index contributed by atoms with van der Waals surface area (Å²) in [5, 5.41) is 41.7. The lowest BCUT2D eigenvalue weighted by Crippen LogP contribution is -2.34. The van der Waals surface area contributed by atoms with E-state index in [0.29, 0.717) is 42.6 Å². The van der Waals surface area contributed by atoms with E-state index in [2.05, 4.69) is 84.5 Å². The van der Waals surface area contributed by atoms with Crippen LogP contribution in [-0.2, 0) is 11.3 Å². The molecule has 2 aromatic carbocycles. The van der Waals surface area contributed by atoms with Crippen LogP contribution in [0.1, 0.15) is 67.8 Å². The summed E-state index contributed by atoms with van der Waals surface area (Å²) in [5.74, 6) is 1.27. The Balaban J connectivity index is 1.19. The molecule has 2 aliphatic heterocycles. The molecule has 4 atom stereocenters. The molecule has 0 saturated carbocycles. The van der Waals surface area contributed by atoms with Gasteiger partial charge < -0.3 is 30.5 Å². The van der Waals surface area contributed by atoms with E-state index in [4.69, 9.17) is 14.7 Å². The van der Waals surface area contributed by atoms with Gasteiger partial charge in [-0.15, -0.1) is 10.2 Å². The summed E-state index contributed by atoms with van der Waals surface area (Å²) in [7, 11) is 0. The molecule has 2 saturated heterocycles. The number of likely N-dealkylation sites (tertiary alicyclic amines) is 1. The molecule has 0 bridgehead atoms. The number of ether oxygens (including phenoxy) is 1. The number of aryl methyl sites for hydroxylation is 1. The highest BCUT2D eigenvalue weighted by Crippen LogP contribution is 2.39. The standard InChI is InChI=1S/C34H43N11O3/c1-2-17-45-41-31(40-42-45)29-27(46)28(47)33(48-29)44-22-37-26-30(38-34(39-32(26)44)35-16-20-43-18-10-5-11-19-43)36-21-25(23-12-6-3-7-13-23)24-14-8-4-9-15-24/h3-4,6-9,12-15,22,25,27-29,33,46-47H,2,5,10-11,16-21H2,1H3,(H2,35,36,38,39). The fourth-order valence-corrected chi connectivity index (χ4v) is 6.58. The first-order chi connectivity index (χ1) is 23.6. The number of hydrogen-bond acceptors (Lipinski definition) is 12. The molecule has 14 heteroatoms. The van der Waals surface area contributed by atoms with Gasteiger partial charge >= 0.3 is 0 Å². The number of piperidine rings is 1. The molecular formula is C34H43N11O3. The Kier molecular flexibility index (Phi) is 9.84. The van der Waals surface area contributed by atoms with Gasteiger partial charge in [-0.1, -0.05) is 74.0 Å². The van der Waals surface area contributed by atoms with Gasteiger partial charge in [-0.25, -0.2) is 4.98 Å². The number of aliphatic hydroxyl groups excluding tert-OH is 2. The van der Waals surface area contributed by atoms with Gasteiger partial charge in [-0.3, -0.25) is 4.57 Å². The summed E-state index contributed by atoms with van der Waals surface area (Å²) in [5.41, 5.74) is 3.35. The van der Waals surface area contributed by atoms with Crippen molar-refractivity contribution in [2.75, 3.05) is 43.4 Å². The molecule has 4 N–H and O–H groups in total. The Hall–Kier alpha value is -4.50. The highest BCUT2D eigenvalue weighted by atomic mass is 16.6. The van der Waals surface area contributed by atoms with Gasteiger partial charge in [0.15, 0.2) is 29.3 Å². The van der Waals surface area contributed by atoms with Crippen molar-refractivity contribution in [1.29, 1.82) is 0 Å². The summed E-state index contributed by atoms with van der Waals surface area (Å²) in [4.78, 5) is 18.3. The second-order valence-corrected chi connectivity index (χ2v) is 12.5. The smallest absolute Gasteiger partial charge is 0.226 e. The molecule has 3 aromatic heterocycles. The number of nitrogens with one attached hydrogen (secondary N) is 2. The monoisotopic (exact) mass is 653 g/mol. The molecule has 14 nitrogen and oxygen atoms in total. The number of anilines is 2. The highest BCUT2D eigenvalue weighted by molar-refractivity contribution is 5.84. The Bertz CT molecular complexity index is 1720. The predicted molar refractivity (Wildman–Crippen MR) is 180 cm³/mol. The predicted octanol–water partition coefficient (Wildman–Crippen LogP) is 3.36. The molecule has 7 rings (SSSR count). The molecule has 2 fully saturated rings. The lowest BCUT2D eigenvalue weighted by atomic mass is 9.91. The Morgan fingerprint density at radius 1 is 0.896 bits per heavy atom. The summed E-state index contributed by atoms with van der Waals surface area (Å²) in [6.07, 6.45) is 1.62. The first kappa shape index (κ1) is 32.1. The largest absolute Gasteiger partial charge is 0.387 e. The van der Waals surface area contributed by atoms with Crippen LogP contribution in [0, 0.1) is 0 Å². The minimum atomic E-state index is -1.28. The van der Waals surface area contributed by atoms with Crippen molar-refractivity contribution >= 4 is 22.9 Å². The number of benzene rings is 2. The molecule has 0 aliphatic carbocycles. The Morgan fingerprint density at radius 2 is 1.62 bits per heavy atom. The number of nitrogens with zero attached hydrogens (tertiary/aromatic N) is 9. The van der Waals surface area contributed by atoms with Crippen LogP contribution >= 0.6 is 0 Å². The summed E-state index contributed by atoms with van der Waals surface area (Å²) >= 11 is 0. The number of aliphatic hydroxyl groups is 2. The SMILES string of the molecule is CCCn1nnc(C2OC(n3cnc4c(NCC(c5ccccc5)c5ccccc5)nc(NCCN5CCCCC5)nc43)C(O)C2O)n1. The van der Waals surface area contributed by atoms with Crippen LogP contribution in [0.15, 0.2) is 67.0 Å². The molecular weight excluding hydrogens is 610 g/mol. The van der Waals surface area contributed by atoms with Crippen molar-refractivity contribution in [2.24, 2.45) is 0 Å². The van der Waals surface area contributed by atoms with Gasteiger partial charge in [0.1, 0.15) is 12.2 Å². The van der Waals surface area contributed by atoms with Crippen LogP contribution in [0.4, 0.5) is 11.8 Å². The number of aromatic nitrogens is 8. The quantitative estimate of drug-likeness (QED) is 0.147. The average molecular weight is 654 g/mol. The molecule has 5 heterocycles. The van der Waals surface area contributed by atoms with Crippen molar-refractivity contribution in [2.45, 2.75) is 69.6 Å². The molecule has 0 spiro atoms. The normalized spacial score (nSPS) is 21.7. The summed E-state index contributed by atoms with van der Waals surface area (Å²) in [6.45, 7) is 6.92. The summed E-state index contributed by atoms with van der Waals surface area (Å²) in [6, 6.07) is 20.8. The first-order valence-electron chi connectivity index (χ1n) is 16.9. The Labute approximate surface area is 279 Å². The van der Waals surface area contributed by atoms with Crippen molar-refractivity contribution in [3.05, 3.63) is 83.9 Å². The maximum Gasteiger partial charge on any atom is 0.226 e. The van der Waals surface area contributed by atoms with Gasteiger partial charge in [0.05, 0.1) is 12.9 Å². The third-order valence-electron chi connectivity index (χ3n) is 9.12. The first-order valence-corrected chi connectivity index (χ1v) is 16.9. The number of tetrazole rings is 1. The van der Waals surface area contributed by atoms with Gasteiger partial charge in [0, 0.05) is 25.6 Å². The fourth-order valence-electron chi connectivity index (χ4n) is 6.58. The van der Waals surface area contributed by atoms with E-state index in [1.807, 2.05) is 19.1 Å². The zero-order valence-electron chi connectivity index (χ0n) is 27.1. The second-order valence-electron chi connectivity index (χ2n) is 12.5. The molecule has 48 heavy (non-hydrogen) atoms. The van der Waals surface area contributed by atoms with Crippen molar-refractivity contribution < 1.29 is 14.9 Å². The van der Waals surface area contributed by atoms with Crippen LogP contribution in [-0.4, -0.2) is 99.8 Å². The molecule has 0 radical (unpaired) electrons. The van der Waals surface area contributed by atoms with E-state index >= 15 is 0 Å². The Morgan fingerprint density at radius 3 is 2.33 bits per heavy atom. The fraction of sp³-hybridized carbons (Fsp3) is 0.471. The third-order valence-corrected chi connectivity index (χ3v) is 9.12. The van der Waals surface area contributed by atoms with Gasteiger partial charge in [-0.2, -0.15) is 14.8 Å². The molecule has 2 aliphatic rings. The molecule has 0 amide bonds. The average Bonchev–Trinajstić information content (AvgIpc) is 3.84. The van der Waals surface area contributed by atoms with Crippen LogP contribution in [0.2, 0.25) is 0 Å². The van der Waals surface area contributed by atoms with E-state index in [9.17, 15) is 10.2 Å². The number of hydrogen-bond donors (Lipinski definition) is 4. The number of fused-ring (bicyclic) bond motifs is 1. The molecule has 4 unspecified atom stereocenters. The van der Waals surface area contributed by atoms with Gasteiger partial charge in [-0.05, 0) is 48.7 Å². The van der Waals surface area contributed by atoms with E-state index in [0.717, 1.165) is 26.1 Å². The van der Waals surface area contributed by atoms with Crippen molar-refractivity contribution in [3.63, 3.8) is 0 Å². The molecule has 5 aromatic rings.